The minimum atomic E-state index is -4.33. The van der Waals surface area contributed by atoms with E-state index in [0.29, 0.717) is 35.5 Å². The highest BCUT2D eigenvalue weighted by atomic mass is 32.2. The number of nitrogens with one attached hydrogen (secondary N) is 2. The maximum absolute atomic E-state index is 13.2. The van der Waals surface area contributed by atoms with E-state index in [1.807, 2.05) is 35.2 Å². The first-order chi connectivity index (χ1) is 15.7. The fourth-order valence-corrected chi connectivity index (χ4v) is 5.25. The van der Waals surface area contributed by atoms with Gasteiger partial charge in [0.2, 0.25) is 5.78 Å². The van der Waals surface area contributed by atoms with Crippen LogP contribution < -0.4 is 10.0 Å². The van der Waals surface area contributed by atoms with Gasteiger partial charge in [0.1, 0.15) is 23.7 Å². The van der Waals surface area contributed by atoms with Crippen LogP contribution in [0.25, 0.3) is 0 Å². The van der Waals surface area contributed by atoms with E-state index < -0.39 is 16.4 Å². The van der Waals surface area contributed by atoms with Crippen molar-refractivity contribution in [2.24, 2.45) is 5.92 Å². The third-order valence-corrected chi connectivity index (χ3v) is 7.04. The molecule has 0 aromatic carbocycles. The van der Waals surface area contributed by atoms with Crippen molar-refractivity contribution in [2.75, 3.05) is 11.9 Å². The molecule has 12 heteroatoms. The molecule has 176 valence electrons. The lowest BCUT2D eigenvalue weighted by Gasteiger charge is -2.15. The minimum absolute atomic E-state index is 0.0824. The number of carbonyl (C=O) groups excluding carboxylic acids is 1. The average Bonchev–Trinajstić information content (AvgIpc) is 3.47. The summed E-state index contributed by atoms with van der Waals surface area (Å²) < 4.78 is 38.3. The number of aliphatic hydroxyl groups is 1. The molecular weight excluding hydrogens is 468 g/mol. The molecule has 1 saturated carbocycles. The normalized spacial score (nSPS) is 20.8. The lowest BCUT2D eigenvalue weighted by molar-refractivity contribution is 0.104. The van der Waals surface area contributed by atoms with E-state index in [0.717, 1.165) is 17.1 Å². The van der Waals surface area contributed by atoms with Crippen LogP contribution in [-0.4, -0.2) is 52.5 Å². The van der Waals surface area contributed by atoms with Crippen molar-refractivity contribution in [1.29, 1.82) is 0 Å². The third-order valence-electron chi connectivity index (χ3n) is 5.53. The maximum atomic E-state index is 13.2. The van der Waals surface area contributed by atoms with Gasteiger partial charge in [-0.1, -0.05) is 0 Å². The Kier molecular flexibility index (Phi) is 6.91. The number of anilines is 1. The zero-order chi connectivity index (χ0) is 23.6. The third kappa shape index (κ3) is 6.03. The van der Waals surface area contributed by atoms with Crippen LogP contribution in [0, 0.1) is 12.8 Å². The zero-order valence-electron chi connectivity index (χ0n) is 17.8. The smallest absolute Gasteiger partial charge is 0.333 e. The van der Waals surface area contributed by atoms with E-state index in [2.05, 4.69) is 15.3 Å². The summed E-state index contributed by atoms with van der Waals surface area (Å²) in [5, 5.41) is 15.4. The van der Waals surface area contributed by atoms with Crippen LogP contribution in [0.4, 0.5) is 5.82 Å². The zero-order valence-corrected chi connectivity index (χ0v) is 19.4. The predicted molar refractivity (Wildman–Crippen MR) is 122 cm³/mol. The van der Waals surface area contributed by atoms with E-state index in [9.17, 15) is 18.3 Å². The van der Waals surface area contributed by atoms with Crippen LogP contribution >= 0.6 is 11.3 Å². The lowest BCUT2D eigenvalue weighted by atomic mass is 10.1. The summed E-state index contributed by atoms with van der Waals surface area (Å²) in [6.07, 6.45) is 3.40. The van der Waals surface area contributed by atoms with E-state index in [-0.39, 0.29) is 24.3 Å². The van der Waals surface area contributed by atoms with Crippen LogP contribution in [0.2, 0.25) is 0 Å². The molecule has 0 radical (unpaired) electrons. The second-order valence-electron chi connectivity index (χ2n) is 8.09. The Morgan fingerprint density at radius 1 is 1.33 bits per heavy atom. The fraction of sp³-hybridized carbons (Fsp3) is 0.381. The van der Waals surface area contributed by atoms with Gasteiger partial charge in [-0.3, -0.25) is 9.35 Å². The second kappa shape index (κ2) is 9.69. The molecule has 0 amide bonds. The number of aromatic nitrogens is 2. The average molecular weight is 493 g/mol. The number of ketones is 1. The Morgan fingerprint density at radius 2 is 2.15 bits per heavy atom. The van der Waals surface area contributed by atoms with Gasteiger partial charge in [0, 0.05) is 31.1 Å². The molecule has 33 heavy (non-hydrogen) atoms. The van der Waals surface area contributed by atoms with Crippen molar-refractivity contribution >= 4 is 33.2 Å². The summed E-state index contributed by atoms with van der Waals surface area (Å²) in [6, 6.07) is 5.42. The Hall–Kier alpha value is -2.64. The summed E-state index contributed by atoms with van der Waals surface area (Å²) in [5.74, 6) is 1.42. The maximum Gasteiger partial charge on any atom is 0.333 e. The van der Waals surface area contributed by atoms with Crippen molar-refractivity contribution < 1.29 is 27.3 Å². The van der Waals surface area contributed by atoms with Crippen LogP contribution in [0.5, 0.6) is 0 Å². The molecule has 0 bridgehead atoms. The van der Waals surface area contributed by atoms with Crippen LogP contribution in [-0.2, 0) is 16.7 Å². The summed E-state index contributed by atoms with van der Waals surface area (Å²) in [5.41, 5.74) is 1.28. The van der Waals surface area contributed by atoms with Crippen molar-refractivity contribution in [3.8, 4) is 0 Å². The first kappa shape index (κ1) is 23.5. The Labute approximate surface area is 195 Å². The first-order valence-electron chi connectivity index (χ1n) is 10.3. The molecule has 10 nitrogen and oxygen atoms in total. The summed E-state index contributed by atoms with van der Waals surface area (Å²) in [6.45, 7) is 1.80. The van der Waals surface area contributed by atoms with E-state index in [1.54, 1.807) is 0 Å². The van der Waals surface area contributed by atoms with Gasteiger partial charge < -0.3 is 14.8 Å². The molecule has 4 rings (SSSR count). The Morgan fingerprint density at radius 3 is 2.88 bits per heavy atom. The molecule has 3 heterocycles. The van der Waals surface area contributed by atoms with Gasteiger partial charge in [-0.15, -0.1) is 11.3 Å². The standard InChI is InChI=1S/C21H24N4O6S2/c1-12-2-3-16(31-12)4-13-5-19(32-10-13)20(27)17-9-22-11-23-21(17)25-15-6-14(18(26)7-15)8-24-33(28,29)30/h2-3,5,9-11,14-15,18,24,26H,4,6-8H2,1H3,(H,22,23,25)(H,28,29,30)/t14-,15-,18+/m1/s1. The molecule has 4 N–H and O–H groups in total. The summed E-state index contributed by atoms with van der Waals surface area (Å²) in [4.78, 5) is 21.9. The van der Waals surface area contributed by atoms with Gasteiger partial charge in [-0.25, -0.2) is 9.97 Å². The van der Waals surface area contributed by atoms with Gasteiger partial charge in [0.25, 0.3) is 0 Å². The van der Waals surface area contributed by atoms with Crippen LogP contribution in [0.1, 0.15) is 45.2 Å². The monoisotopic (exact) mass is 492 g/mol. The van der Waals surface area contributed by atoms with E-state index in [4.69, 9.17) is 8.97 Å². The van der Waals surface area contributed by atoms with E-state index in [1.165, 1.54) is 23.9 Å². The molecule has 0 spiro atoms. The largest absolute Gasteiger partial charge is 0.466 e. The number of thiophene rings is 1. The number of carbonyl (C=O) groups is 1. The molecule has 3 aromatic heterocycles. The molecule has 3 atom stereocenters. The van der Waals surface area contributed by atoms with Gasteiger partial charge in [0.15, 0.2) is 0 Å². The quantitative estimate of drug-likeness (QED) is 0.260. The molecule has 1 aliphatic carbocycles. The summed E-state index contributed by atoms with van der Waals surface area (Å²) in [7, 11) is -4.33. The topological polar surface area (TPSA) is 155 Å². The highest BCUT2D eigenvalue weighted by Crippen LogP contribution is 2.30. The molecule has 0 unspecified atom stereocenters. The Balaban J connectivity index is 1.44. The van der Waals surface area contributed by atoms with Crippen LogP contribution in [0.15, 0.2) is 40.5 Å². The second-order valence-corrected chi connectivity index (χ2v) is 10.2. The number of furan rings is 1. The number of nitrogens with zero attached hydrogens (tertiary/aromatic N) is 2. The van der Waals surface area contributed by atoms with Gasteiger partial charge in [0.05, 0.1) is 16.5 Å². The van der Waals surface area contributed by atoms with Gasteiger partial charge in [-0.05, 0) is 48.9 Å². The van der Waals surface area contributed by atoms with Crippen molar-refractivity contribution in [3.63, 3.8) is 0 Å². The van der Waals surface area contributed by atoms with E-state index >= 15 is 0 Å². The lowest BCUT2D eigenvalue weighted by Crippen LogP contribution is -2.32. The van der Waals surface area contributed by atoms with Crippen LogP contribution in [0.3, 0.4) is 0 Å². The molecule has 1 aliphatic rings. The SMILES string of the molecule is Cc1ccc(Cc2csc(C(=O)c3cncnc3N[C@@H]3C[C@H](CNS(=O)(=O)O)[C@@H](O)C3)c2)o1. The van der Waals surface area contributed by atoms with Crippen molar-refractivity contribution in [3.05, 3.63) is 63.6 Å². The molecule has 0 saturated heterocycles. The molecule has 0 aliphatic heterocycles. The number of aryl methyl sites for hydroxylation is 1. The molecule has 1 fully saturated rings. The van der Waals surface area contributed by atoms with Crippen molar-refractivity contribution in [1.82, 2.24) is 14.7 Å². The minimum Gasteiger partial charge on any atom is -0.466 e. The van der Waals surface area contributed by atoms with Gasteiger partial charge >= 0.3 is 10.3 Å². The number of hydrogen-bond acceptors (Lipinski definition) is 9. The van der Waals surface area contributed by atoms with Crippen molar-refractivity contribution in [2.45, 2.75) is 38.3 Å². The van der Waals surface area contributed by atoms with Gasteiger partial charge in [-0.2, -0.15) is 13.1 Å². The number of rotatable bonds is 9. The first-order valence-corrected chi connectivity index (χ1v) is 12.6. The Bertz CT molecular complexity index is 1240. The fourth-order valence-electron chi connectivity index (χ4n) is 3.96. The molecular formula is C21H24N4O6S2. The molecule has 3 aromatic rings. The summed E-state index contributed by atoms with van der Waals surface area (Å²) >= 11 is 1.34. The number of hydrogen-bond donors (Lipinski definition) is 4. The number of aliphatic hydroxyl groups excluding tert-OH is 1. The predicted octanol–water partition coefficient (Wildman–Crippen LogP) is 2.21. The highest BCUT2D eigenvalue weighted by molar-refractivity contribution is 7.83. The highest BCUT2D eigenvalue weighted by Gasteiger charge is 2.34.